The number of ether oxygens (including phenoxy) is 1. The van der Waals surface area contributed by atoms with Gasteiger partial charge in [0.25, 0.3) is 5.82 Å². The van der Waals surface area contributed by atoms with Crippen molar-refractivity contribution < 1.29 is 14.3 Å². The molecule has 1 fully saturated rings. The fourth-order valence-corrected chi connectivity index (χ4v) is 4.18. The lowest BCUT2D eigenvalue weighted by molar-refractivity contribution is -0.133. The number of likely N-dealkylation sites (tertiary alicyclic amines) is 1. The highest BCUT2D eigenvalue weighted by Gasteiger charge is 2.29. The van der Waals surface area contributed by atoms with Gasteiger partial charge in [0.2, 0.25) is 5.91 Å². The molecule has 2 aromatic heterocycles. The highest BCUT2D eigenvalue weighted by atomic mass is 35.5. The first-order valence-corrected chi connectivity index (χ1v) is 9.82. The number of H-pyrrole nitrogens is 1. The molecule has 3 rings (SSSR count). The third kappa shape index (κ3) is 4.07. The maximum absolute atomic E-state index is 12.7. The van der Waals surface area contributed by atoms with Gasteiger partial charge < -0.3 is 9.64 Å². The molecule has 1 amide bonds. The Balaban J connectivity index is 1.57. The maximum atomic E-state index is 12.7. The van der Waals surface area contributed by atoms with E-state index in [0.29, 0.717) is 23.3 Å². The molecule has 1 unspecified atom stereocenters. The summed E-state index contributed by atoms with van der Waals surface area (Å²) in [5.41, 5.74) is 0. The second-order valence-corrected chi connectivity index (χ2v) is 7.97. The quantitative estimate of drug-likeness (QED) is 0.784. The molecule has 0 aromatic carbocycles. The molecule has 1 atom stereocenters. The van der Waals surface area contributed by atoms with Crippen molar-refractivity contribution in [2.75, 3.05) is 19.7 Å². The molecule has 0 bridgehead atoms. The van der Waals surface area contributed by atoms with E-state index in [4.69, 9.17) is 16.3 Å². The fraction of sp³-hybridized carbons (Fsp3) is 0.529. The van der Waals surface area contributed by atoms with Crippen molar-refractivity contribution >= 4 is 34.8 Å². The van der Waals surface area contributed by atoms with Crippen LogP contribution in [0.1, 0.15) is 59.8 Å². The number of piperidine rings is 1. The minimum atomic E-state index is -0.522. The predicted molar refractivity (Wildman–Crippen MR) is 98.6 cm³/mol. The third-order valence-corrected chi connectivity index (χ3v) is 5.96. The van der Waals surface area contributed by atoms with Crippen LogP contribution in [0.3, 0.4) is 0 Å². The van der Waals surface area contributed by atoms with Gasteiger partial charge in [-0.25, -0.2) is 9.78 Å². The van der Waals surface area contributed by atoms with Crippen molar-refractivity contribution in [1.82, 2.24) is 20.1 Å². The number of aromatic amines is 1. The van der Waals surface area contributed by atoms with Gasteiger partial charge in [0.05, 0.1) is 16.9 Å². The number of halogens is 1. The zero-order chi connectivity index (χ0) is 18.7. The van der Waals surface area contributed by atoms with Gasteiger partial charge in [-0.15, -0.1) is 16.4 Å². The van der Waals surface area contributed by atoms with Crippen LogP contribution in [0.2, 0.25) is 4.34 Å². The molecule has 1 aliphatic heterocycles. The average molecular weight is 397 g/mol. The summed E-state index contributed by atoms with van der Waals surface area (Å²) in [5, 5.41) is 6.76. The summed E-state index contributed by atoms with van der Waals surface area (Å²) in [7, 11) is 0. The van der Waals surface area contributed by atoms with Crippen molar-refractivity contribution in [2.45, 2.75) is 38.5 Å². The summed E-state index contributed by atoms with van der Waals surface area (Å²) in [6, 6.07) is 3.73. The summed E-state index contributed by atoms with van der Waals surface area (Å²) in [6.07, 6.45) is 1.56. The number of carbonyl (C=O) groups excluding carboxylic acids is 2. The van der Waals surface area contributed by atoms with Crippen LogP contribution in [-0.4, -0.2) is 51.7 Å². The van der Waals surface area contributed by atoms with E-state index in [0.717, 1.165) is 17.7 Å². The number of thiophene rings is 1. The number of esters is 1. The topological polar surface area (TPSA) is 88.2 Å². The summed E-state index contributed by atoms with van der Waals surface area (Å²) in [5.74, 6) is 0.297. The van der Waals surface area contributed by atoms with Crippen LogP contribution in [0.25, 0.3) is 0 Å². The van der Waals surface area contributed by atoms with E-state index < -0.39 is 5.97 Å². The van der Waals surface area contributed by atoms with Crippen LogP contribution >= 0.6 is 22.9 Å². The zero-order valence-electron chi connectivity index (χ0n) is 14.7. The Kier molecular flexibility index (Phi) is 5.93. The normalized spacial score (nSPS) is 16.5. The molecule has 0 radical (unpaired) electrons. The van der Waals surface area contributed by atoms with E-state index in [1.165, 1.54) is 11.3 Å². The van der Waals surface area contributed by atoms with Gasteiger partial charge >= 0.3 is 5.97 Å². The summed E-state index contributed by atoms with van der Waals surface area (Å²) in [4.78, 5) is 31.5. The Morgan fingerprint density at radius 2 is 2.15 bits per heavy atom. The highest BCUT2D eigenvalue weighted by molar-refractivity contribution is 7.16. The molecule has 7 nitrogen and oxygen atoms in total. The van der Waals surface area contributed by atoms with Gasteiger partial charge in [-0.1, -0.05) is 11.6 Å². The molecule has 0 aliphatic carbocycles. The number of hydrogen-bond acceptors (Lipinski definition) is 6. The van der Waals surface area contributed by atoms with Crippen molar-refractivity contribution in [3.63, 3.8) is 0 Å². The molecule has 1 saturated heterocycles. The largest absolute Gasteiger partial charge is 0.460 e. The lowest BCUT2D eigenvalue weighted by atomic mass is 9.95. The standard InChI is InChI=1S/C17H21ClN4O3S/c1-3-25-17(24)15-19-14(20-21-15)11-6-8-22(9-7-11)16(23)10(2)12-4-5-13(18)26-12/h4-5,10-11H,3,6-9H2,1-2H3,(H,19,20,21). The van der Waals surface area contributed by atoms with Crippen molar-refractivity contribution in [2.24, 2.45) is 0 Å². The van der Waals surface area contributed by atoms with Crippen molar-refractivity contribution in [3.05, 3.63) is 33.0 Å². The Hall–Kier alpha value is -1.93. The Labute approximate surface area is 160 Å². The van der Waals surface area contributed by atoms with Crippen LogP contribution < -0.4 is 0 Å². The fourth-order valence-electron chi connectivity index (χ4n) is 3.07. The van der Waals surface area contributed by atoms with Crippen LogP contribution in [0.5, 0.6) is 0 Å². The Morgan fingerprint density at radius 1 is 1.42 bits per heavy atom. The molecule has 0 saturated carbocycles. The SMILES string of the molecule is CCOC(=O)c1n[nH]c(C2CCN(C(=O)C(C)c3ccc(Cl)s3)CC2)n1. The van der Waals surface area contributed by atoms with E-state index in [1.807, 2.05) is 24.0 Å². The average Bonchev–Trinajstić information content (AvgIpc) is 3.30. The molecular formula is C17H21ClN4O3S. The van der Waals surface area contributed by atoms with Gasteiger partial charge in [-0.05, 0) is 38.8 Å². The molecule has 1 N–H and O–H groups in total. The predicted octanol–water partition coefficient (Wildman–Crippen LogP) is 3.21. The van der Waals surface area contributed by atoms with Crippen molar-refractivity contribution in [1.29, 1.82) is 0 Å². The van der Waals surface area contributed by atoms with Gasteiger partial charge in [0.15, 0.2) is 0 Å². The van der Waals surface area contributed by atoms with Crippen LogP contribution in [-0.2, 0) is 9.53 Å². The van der Waals surface area contributed by atoms with Gasteiger partial charge in [-0.2, -0.15) is 0 Å². The highest BCUT2D eigenvalue weighted by Crippen LogP contribution is 2.31. The number of aromatic nitrogens is 3. The number of hydrogen-bond donors (Lipinski definition) is 1. The van der Waals surface area contributed by atoms with Gasteiger partial charge in [0, 0.05) is 23.9 Å². The number of nitrogens with zero attached hydrogens (tertiary/aromatic N) is 3. The van der Waals surface area contributed by atoms with E-state index in [-0.39, 0.29) is 30.2 Å². The Bertz CT molecular complexity index is 783. The van der Waals surface area contributed by atoms with E-state index in [9.17, 15) is 9.59 Å². The number of amides is 1. The van der Waals surface area contributed by atoms with Gasteiger partial charge in [0.1, 0.15) is 5.82 Å². The maximum Gasteiger partial charge on any atom is 0.378 e. The first-order valence-electron chi connectivity index (χ1n) is 8.63. The lowest BCUT2D eigenvalue weighted by Gasteiger charge is -2.32. The molecule has 9 heteroatoms. The molecule has 1 aliphatic rings. The zero-order valence-corrected chi connectivity index (χ0v) is 16.3. The molecule has 0 spiro atoms. The molecule has 26 heavy (non-hydrogen) atoms. The first kappa shape index (κ1) is 18.8. The van der Waals surface area contributed by atoms with E-state index >= 15 is 0 Å². The van der Waals surface area contributed by atoms with Crippen molar-refractivity contribution in [3.8, 4) is 0 Å². The second-order valence-electron chi connectivity index (χ2n) is 6.23. The Morgan fingerprint density at radius 3 is 2.77 bits per heavy atom. The smallest absolute Gasteiger partial charge is 0.378 e. The van der Waals surface area contributed by atoms with Crippen LogP contribution in [0.4, 0.5) is 0 Å². The molecule has 3 heterocycles. The monoisotopic (exact) mass is 396 g/mol. The molecular weight excluding hydrogens is 376 g/mol. The summed E-state index contributed by atoms with van der Waals surface area (Å²) < 4.78 is 5.60. The minimum Gasteiger partial charge on any atom is -0.460 e. The summed E-state index contributed by atoms with van der Waals surface area (Å²) >= 11 is 7.42. The number of carbonyl (C=O) groups is 2. The van der Waals surface area contributed by atoms with Gasteiger partial charge in [-0.3, -0.25) is 9.89 Å². The van der Waals surface area contributed by atoms with Crippen LogP contribution in [0.15, 0.2) is 12.1 Å². The summed E-state index contributed by atoms with van der Waals surface area (Å²) in [6.45, 7) is 5.25. The second kappa shape index (κ2) is 8.18. The van der Waals surface area contributed by atoms with Crippen LogP contribution in [0, 0.1) is 0 Å². The van der Waals surface area contributed by atoms with E-state index in [1.54, 1.807) is 6.92 Å². The first-order chi connectivity index (χ1) is 12.5. The third-order valence-electron chi connectivity index (χ3n) is 4.55. The number of nitrogens with one attached hydrogen (secondary N) is 1. The molecule has 2 aromatic rings. The van der Waals surface area contributed by atoms with E-state index in [2.05, 4.69) is 15.2 Å². The lowest BCUT2D eigenvalue weighted by Crippen LogP contribution is -2.40. The minimum absolute atomic E-state index is 0.0588. The molecule has 140 valence electrons. The number of rotatable bonds is 5.